The third kappa shape index (κ3) is 1.54. The molecule has 3 heteroatoms. The molecule has 1 nitrogen and oxygen atoms in total. The van der Waals surface area contributed by atoms with Crippen LogP contribution < -0.4 is 0 Å². The molecule has 1 aliphatic heterocycles. The van der Waals surface area contributed by atoms with Gasteiger partial charge in [-0.1, -0.05) is 6.08 Å². The van der Waals surface area contributed by atoms with Crippen LogP contribution in [0.2, 0.25) is 0 Å². The Hall–Kier alpha value is 0.240. The lowest BCUT2D eigenvalue weighted by Gasteiger charge is -2.19. The Balaban J connectivity index is 2.12. The van der Waals surface area contributed by atoms with Gasteiger partial charge in [-0.15, -0.1) is 0 Å². The summed E-state index contributed by atoms with van der Waals surface area (Å²) >= 11 is 7.97. The van der Waals surface area contributed by atoms with Gasteiger partial charge < -0.3 is 0 Å². The smallest absolute Gasteiger partial charge is 0.100 e. The molecule has 0 bridgehead atoms. The van der Waals surface area contributed by atoms with Gasteiger partial charge in [0.25, 0.3) is 0 Å². The molecule has 1 atom stereocenters. The molecule has 0 aromatic heterocycles. The van der Waals surface area contributed by atoms with Crippen molar-refractivity contribution in [3.05, 3.63) is 12.2 Å². The average Bonchev–Trinajstić information content (AvgIpc) is 2.70. The first-order chi connectivity index (χ1) is 5.21. The summed E-state index contributed by atoms with van der Waals surface area (Å²) in [5, 5.41) is 0. The summed E-state index contributed by atoms with van der Waals surface area (Å²) in [7, 11) is 0. The molecule has 2 rings (SSSR count). The third-order valence-electron chi connectivity index (χ3n) is 2.28. The van der Waals surface area contributed by atoms with E-state index in [0.29, 0.717) is 6.04 Å². The molecule has 11 heavy (non-hydrogen) atoms. The molecule has 0 saturated heterocycles. The zero-order chi connectivity index (χ0) is 7.90. The minimum absolute atomic E-state index is 0.226. The summed E-state index contributed by atoms with van der Waals surface area (Å²) in [5.74, 6) is 0. The van der Waals surface area contributed by atoms with Crippen LogP contribution in [-0.4, -0.2) is 15.4 Å². The Morgan fingerprint density at radius 3 is 2.91 bits per heavy atom. The number of hydrogen-bond donors (Lipinski definition) is 1. The number of hydrogen-bond acceptors (Lipinski definition) is 2. The van der Waals surface area contributed by atoms with Crippen molar-refractivity contribution >= 4 is 33.2 Å². The van der Waals surface area contributed by atoms with E-state index in [1.807, 2.05) is 6.08 Å². The van der Waals surface area contributed by atoms with Gasteiger partial charge in [-0.3, -0.25) is 4.99 Å². The maximum absolute atomic E-state index is 4.59. The Labute approximate surface area is 80.5 Å². The summed E-state index contributed by atoms with van der Waals surface area (Å²) < 4.78 is 1.19. The van der Waals surface area contributed by atoms with E-state index in [-0.39, 0.29) is 4.75 Å². The van der Waals surface area contributed by atoms with Gasteiger partial charge in [0.15, 0.2) is 0 Å². The van der Waals surface area contributed by atoms with Crippen LogP contribution in [-0.2, 0) is 0 Å². The number of nitrogens with zero attached hydrogens (tertiary/aromatic N) is 1. The molecule has 2 aliphatic rings. The van der Waals surface area contributed by atoms with E-state index in [2.05, 4.69) is 39.6 Å². The van der Waals surface area contributed by atoms with Crippen LogP contribution in [0, 0.1) is 0 Å². The first-order valence-electron chi connectivity index (χ1n) is 3.83. The number of rotatable bonds is 1. The van der Waals surface area contributed by atoms with Crippen LogP contribution in [0.5, 0.6) is 0 Å². The monoisotopic (exact) mass is 231 g/mol. The van der Waals surface area contributed by atoms with Gasteiger partial charge >= 0.3 is 0 Å². The number of dihydropyridines is 1. The highest BCUT2D eigenvalue weighted by atomic mass is 79.9. The van der Waals surface area contributed by atoms with Crippen LogP contribution >= 0.6 is 28.6 Å². The van der Waals surface area contributed by atoms with Gasteiger partial charge in [-0.2, -0.15) is 12.6 Å². The summed E-state index contributed by atoms with van der Waals surface area (Å²) in [6.07, 6.45) is 7.67. The Morgan fingerprint density at radius 1 is 1.64 bits per heavy atom. The van der Waals surface area contributed by atoms with E-state index < -0.39 is 0 Å². The molecule has 1 saturated carbocycles. The van der Waals surface area contributed by atoms with Gasteiger partial charge in [0.05, 0.1) is 6.04 Å². The Morgan fingerprint density at radius 2 is 2.36 bits per heavy atom. The molecule has 1 fully saturated rings. The fraction of sp³-hybridized carbons (Fsp3) is 0.625. The fourth-order valence-corrected chi connectivity index (χ4v) is 2.05. The SMILES string of the molecule is SC1(C2CC=CC(Br)=N2)CC1. The summed E-state index contributed by atoms with van der Waals surface area (Å²) in [6.45, 7) is 0. The Bertz CT molecular complexity index is 230. The highest BCUT2D eigenvalue weighted by Crippen LogP contribution is 2.48. The van der Waals surface area contributed by atoms with Gasteiger partial charge in [0, 0.05) is 4.75 Å². The minimum Gasteiger partial charge on any atom is -0.273 e. The van der Waals surface area contributed by atoms with Crippen molar-refractivity contribution in [3.8, 4) is 0 Å². The molecule has 1 aliphatic carbocycles. The molecule has 1 heterocycles. The summed E-state index contributed by atoms with van der Waals surface area (Å²) in [6, 6.07) is 0.408. The molecular formula is C8H10BrNS. The maximum Gasteiger partial charge on any atom is 0.100 e. The van der Waals surface area contributed by atoms with E-state index in [1.54, 1.807) is 0 Å². The number of halogens is 1. The predicted octanol–water partition coefficient (Wildman–Crippen LogP) is 2.57. The van der Waals surface area contributed by atoms with Crippen molar-refractivity contribution in [1.29, 1.82) is 0 Å². The van der Waals surface area contributed by atoms with E-state index in [9.17, 15) is 0 Å². The van der Waals surface area contributed by atoms with E-state index in [1.165, 1.54) is 12.8 Å². The standard InChI is InChI=1S/C8H10BrNS/c9-7-3-1-2-6(10-7)8(11)4-5-8/h1,3,6,11H,2,4-5H2. The molecule has 0 aromatic rings. The second-order valence-corrected chi connectivity index (χ2v) is 4.91. The van der Waals surface area contributed by atoms with Crippen molar-refractivity contribution in [1.82, 2.24) is 0 Å². The van der Waals surface area contributed by atoms with Gasteiger partial charge in [-0.25, -0.2) is 0 Å². The summed E-state index contributed by atoms with van der Waals surface area (Å²) in [4.78, 5) is 4.49. The minimum atomic E-state index is 0.226. The van der Waals surface area contributed by atoms with Crippen LogP contribution in [0.1, 0.15) is 19.3 Å². The quantitative estimate of drug-likeness (QED) is 0.667. The number of aliphatic imine (C=N–C) groups is 1. The van der Waals surface area contributed by atoms with Gasteiger partial charge in [0.2, 0.25) is 0 Å². The van der Waals surface area contributed by atoms with E-state index in [4.69, 9.17) is 0 Å². The van der Waals surface area contributed by atoms with Crippen molar-refractivity contribution < 1.29 is 0 Å². The molecule has 0 spiro atoms. The first kappa shape index (κ1) is 7.87. The number of allylic oxidation sites excluding steroid dienone is 1. The van der Waals surface area contributed by atoms with E-state index in [0.717, 1.165) is 11.0 Å². The highest BCUT2D eigenvalue weighted by Gasteiger charge is 2.46. The van der Waals surface area contributed by atoms with Gasteiger partial charge in [-0.05, 0) is 41.3 Å². The van der Waals surface area contributed by atoms with E-state index >= 15 is 0 Å². The third-order valence-corrected chi connectivity index (χ3v) is 3.49. The van der Waals surface area contributed by atoms with Crippen LogP contribution in [0.15, 0.2) is 17.1 Å². The zero-order valence-corrected chi connectivity index (χ0v) is 8.61. The maximum atomic E-state index is 4.59. The second-order valence-electron chi connectivity index (χ2n) is 3.21. The average molecular weight is 232 g/mol. The van der Waals surface area contributed by atoms with Crippen molar-refractivity contribution in [2.24, 2.45) is 4.99 Å². The predicted molar refractivity (Wildman–Crippen MR) is 54.9 cm³/mol. The Kier molecular flexibility index (Phi) is 1.88. The number of thiol groups is 1. The normalized spacial score (nSPS) is 33.3. The molecule has 0 aromatic carbocycles. The van der Waals surface area contributed by atoms with Crippen molar-refractivity contribution in [3.63, 3.8) is 0 Å². The lowest BCUT2D eigenvalue weighted by atomic mass is 10.1. The molecule has 0 amide bonds. The fourth-order valence-electron chi connectivity index (χ4n) is 1.34. The molecule has 60 valence electrons. The van der Waals surface area contributed by atoms with Crippen LogP contribution in [0.25, 0.3) is 0 Å². The molecule has 0 N–H and O–H groups in total. The molecule has 0 radical (unpaired) electrons. The van der Waals surface area contributed by atoms with Crippen molar-refractivity contribution in [2.45, 2.75) is 30.1 Å². The lowest BCUT2D eigenvalue weighted by Crippen LogP contribution is -2.22. The largest absolute Gasteiger partial charge is 0.273 e. The first-order valence-corrected chi connectivity index (χ1v) is 5.07. The van der Waals surface area contributed by atoms with Crippen molar-refractivity contribution in [2.75, 3.05) is 0 Å². The highest BCUT2D eigenvalue weighted by molar-refractivity contribution is 9.18. The van der Waals surface area contributed by atoms with Gasteiger partial charge in [0.1, 0.15) is 4.62 Å². The van der Waals surface area contributed by atoms with Crippen LogP contribution in [0.4, 0.5) is 0 Å². The van der Waals surface area contributed by atoms with Crippen LogP contribution in [0.3, 0.4) is 0 Å². The second kappa shape index (κ2) is 2.63. The molecule has 1 unspecified atom stereocenters. The topological polar surface area (TPSA) is 12.4 Å². The lowest BCUT2D eigenvalue weighted by molar-refractivity contribution is 0.642. The zero-order valence-electron chi connectivity index (χ0n) is 6.13. The summed E-state index contributed by atoms with van der Waals surface area (Å²) in [5.41, 5.74) is 0. The molecular weight excluding hydrogens is 222 g/mol.